The van der Waals surface area contributed by atoms with Gasteiger partial charge < -0.3 is 9.52 Å². The number of benzene rings is 1. The fourth-order valence-electron chi connectivity index (χ4n) is 1.56. The molecule has 1 N–H and O–H groups in total. The lowest BCUT2D eigenvalue weighted by Crippen LogP contribution is -2.06. The molecule has 2 nitrogen and oxygen atoms in total. The van der Waals surface area contributed by atoms with E-state index in [2.05, 4.69) is 31.9 Å². The highest BCUT2D eigenvalue weighted by atomic mass is 79.9. The van der Waals surface area contributed by atoms with E-state index < -0.39 is 11.7 Å². The summed E-state index contributed by atoms with van der Waals surface area (Å²) in [4.78, 5) is 0. The van der Waals surface area contributed by atoms with Crippen LogP contribution in [0.15, 0.2) is 37.6 Å². The molecule has 1 aromatic carbocycles. The highest BCUT2D eigenvalue weighted by Gasteiger charge is 2.34. The van der Waals surface area contributed by atoms with Gasteiger partial charge in [0, 0.05) is 14.5 Å². The molecule has 0 bridgehead atoms. The maximum absolute atomic E-state index is 12.8. The topological polar surface area (TPSA) is 33.4 Å². The van der Waals surface area contributed by atoms with E-state index in [1.807, 2.05) is 0 Å². The van der Waals surface area contributed by atoms with Gasteiger partial charge in [-0.15, -0.1) is 0 Å². The van der Waals surface area contributed by atoms with Crippen LogP contribution < -0.4 is 0 Å². The lowest BCUT2D eigenvalue weighted by molar-refractivity contribution is -0.138. The SMILES string of the molecule is OCc1ccc(-c2cc(C(F)(F)F)c(Br)cc2Br)o1. The van der Waals surface area contributed by atoms with E-state index in [9.17, 15) is 13.2 Å². The van der Waals surface area contributed by atoms with Crippen molar-refractivity contribution in [2.75, 3.05) is 0 Å². The summed E-state index contributed by atoms with van der Waals surface area (Å²) >= 11 is 6.08. The van der Waals surface area contributed by atoms with Crippen LogP contribution in [0.5, 0.6) is 0 Å². The van der Waals surface area contributed by atoms with Crippen LogP contribution in [0.3, 0.4) is 0 Å². The van der Waals surface area contributed by atoms with Gasteiger partial charge in [-0.05, 0) is 40.2 Å². The zero-order valence-corrected chi connectivity index (χ0v) is 12.4. The molecule has 2 aromatic rings. The summed E-state index contributed by atoms with van der Waals surface area (Å²) < 4.78 is 44.2. The van der Waals surface area contributed by atoms with Crippen molar-refractivity contribution in [3.05, 3.63) is 44.5 Å². The summed E-state index contributed by atoms with van der Waals surface area (Å²) in [5, 5.41) is 8.90. The quantitative estimate of drug-likeness (QED) is 0.772. The van der Waals surface area contributed by atoms with E-state index >= 15 is 0 Å². The summed E-state index contributed by atoms with van der Waals surface area (Å²) in [6.07, 6.45) is -4.46. The van der Waals surface area contributed by atoms with Crippen LogP contribution >= 0.6 is 31.9 Å². The molecule has 19 heavy (non-hydrogen) atoms. The Morgan fingerprint density at radius 1 is 1.11 bits per heavy atom. The highest BCUT2D eigenvalue weighted by molar-refractivity contribution is 9.11. The van der Waals surface area contributed by atoms with Crippen molar-refractivity contribution in [3.8, 4) is 11.3 Å². The lowest BCUT2D eigenvalue weighted by Gasteiger charge is -2.12. The third kappa shape index (κ3) is 3.04. The number of hydrogen-bond acceptors (Lipinski definition) is 2. The first-order valence-corrected chi connectivity index (χ1v) is 6.67. The van der Waals surface area contributed by atoms with Gasteiger partial charge in [-0.2, -0.15) is 13.2 Å². The maximum Gasteiger partial charge on any atom is 0.417 e. The molecule has 0 saturated carbocycles. The summed E-state index contributed by atoms with van der Waals surface area (Å²) in [5.41, 5.74) is -0.511. The molecule has 0 aliphatic heterocycles. The molecule has 102 valence electrons. The van der Waals surface area contributed by atoms with Crippen LogP contribution in [0.25, 0.3) is 11.3 Å². The molecule has 1 heterocycles. The standard InChI is InChI=1S/C12H7Br2F3O2/c13-9-4-10(14)8(12(15,16)17)3-7(9)11-2-1-6(5-18)19-11/h1-4,18H,5H2. The van der Waals surface area contributed by atoms with Crippen LogP contribution in [0.1, 0.15) is 11.3 Å². The third-order valence-corrected chi connectivity index (χ3v) is 3.76. The predicted molar refractivity (Wildman–Crippen MR) is 70.5 cm³/mol. The number of rotatable bonds is 2. The van der Waals surface area contributed by atoms with Gasteiger partial charge in [0.1, 0.15) is 18.1 Å². The second kappa shape index (κ2) is 5.30. The molecule has 0 saturated heterocycles. The molecular weight excluding hydrogens is 393 g/mol. The first-order valence-electron chi connectivity index (χ1n) is 5.09. The molecule has 0 aliphatic rings. The van der Waals surface area contributed by atoms with Gasteiger partial charge in [0.25, 0.3) is 0 Å². The van der Waals surface area contributed by atoms with E-state index in [0.29, 0.717) is 10.2 Å². The molecule has 0 radical (unpaired) electrons. The van der Waals surface area contributed by atoms with Crippen LogP contribution in [0.4, 0.5) is 13.2 Å². The molecule has 7 heteroatoms. The van der Waals surface area contributed by atoms with Crippen molar-refractivity contribution >= 4 is 31.9 Å². The largest absolute Gasteiger partial charge is 0.459 e. The summed E-state index contributed by atoms with van der Waals surface area (Å²) in [6, 6.07) is 5.34. The average Bonchev–Trinajstić information content (AvgIpc) is 2.75. The van der Waals surface area contributed by atoms with Gasteiger partial charge in [-0.1, -0.05) is 15.9 Å². The lowest BCUT2D eigenvalue weighted by atomic mass is 10.1. The van der Waals surface area contributed by atoms with Crippen LogP contribution in [0.2, 0.25) is 0 Å². The molecule has 0 aliphatic carbocycles. The molecule has 2 rings (SSSR count). The Kier molecular flexibility index (Phi) is 4.08. The minimum absolute atomic E-state index is 0.0513. The van der Waals surface area contributed by atoms with Gasteiger partial charge in [0.2, 0.25) is 0 Å². The van der Waals surface area contributed by atoms with Gasteiger partial charge in [-0.25, -0.2) is 0 Å². The summed E-state index contributed by atoms with van der Waals surface area (Å²) in [7, 11) is 0. The minimum atomic E-state index is -4.46. The molecule has 0 amide bonds. The van der Waals surface area contributed by atoms with Gasteiger partial charge in [-0.3, -0.25) is 0 Å². The maximum atomic E-state index is 12.8. The Morgan fingerprint density at radius 3 is 2.32 bits per heavy atom. The third-order valence-electron chi connectivity index (χ3n) is 2.45. The number of halogens is 5. The van der Waals surface area contributed by atoms with Gasteiger partial charge in [0.15, 0.2) is 0 Å². The summed E-state index contributed by atoms with van der Waals surface area (Å²) in [5.74, 6) is 0.548. The molecular formula is C12H7Br2F3O2. The fraction of sp³-hybridized carbons (Fsp3) is 0.167. The molecule has 0 atom stereocenters. The molecule has 0 unspecified atom stereocenters. The van der Waals surface area contributed by atoms with Crippen molar-refractivity contribution in [1.29, 1.82) is 0 Å². The van der Waals surface area contributed by atoms with E-state index in [1.54, 1.807) is 0 Å². The van der Waals surface area contributed by atoms with Crippen LogP contribution in [-0.2, 0) is 12.8 Å². The molecule has 0 fully saturated rings. The van der Waals surface area contributed by atoms with Gasteiger partial charge in [0.05, 0.1) is 5.56 Å². The average molecular weight is 400 g/mol. The highest BCUT2D eigenvalue weighted by Crippen LogP contribution is 2.41. The van der Waals surface area contributed by atoms with Crippen molar-refractivity contribution in [1.82, 2.24) is 0 Å². The smallest absolute Gasteiger partial charge is 0.417 e. The summed E-state index contributed by atoms with van der Waals surface area (Å²) in [6.45, 7) is -0.305. The number of furan rings is 1. The zero-order chi connectivity index (χ0) is 14.2. The van der Waals surface area contributed by atoms with Crippen molar-refractivity contribution < 1.29 is 22.7 Å². The first-order chi connectivity index (χ1) is 8.82. The van der Waals surface area contributed by atoms with Gasteiger partial charge >= 0.3 is 6.18 Å². The first kappa shape index (κ1) is 14.6. The van der Waals surface area contributed by atoms with Crippen LogP contribution in [0, 0.1) is 0 Å². The van der Waals surface area contributed by atoms with Crippen molar-refractivity contribution in [2.45, 2.75) is 12.8 Å². The number of hydrogen-bond donors (Lipinski definition) is 1. The Labute approximate surface area is 123 Å². The monoisotopic (exact) mass is 398 g/mol. The van der Waals surface area contributed by atoms with Crippen molar-refractivity contribution in [3.63, 3.8) is 0 Å². The number of aliphatic hydroxyl groups is 1. The second-order valence-electron chi connectivity index (χ2n) is 3.73. The Morgan fingerprint density at radius 2 is 1.79 bits per heavy atom. The van der Waals surface area contributed by atoms with Crippen LogP contribution in [-0.4, -0.2) is 5.11 Å². The second-order valence-corrected chi connectivity index (χ2v) is 5.44. The molecule has 1 aromatic heterocycles. The van der Waals surface area contributed by atoms with E-state index in [4.69, 9.17) is 9.52 Å². The van der Waals surface area contributed by atoms with E-state index in [-0.39, 0.29) is 22.4 Å². The minimum Gasteiger partial charge on any atom is -0.459 e. The Balaban J connectivity index is 2.57. The Bertz CT molecular complexity index is 606. The van der Waals surface area contributed by atoms with E-state index in [0.717, 1.165) is 6.07 Å². The predicted octanol–water partition coefficient (Wildman–Crippen LogP) is 4.98. The molecule has 0 spiro atoms. The number of alkyl halides is 3. The fourth-order valence-corrected chi connectivity index (χ4v) is 2.98. The van der Waals surface area contributed by atoms with E-state index in [1.165, 1.54) is 18.2 Å². The van der Waals surface area contributed by atoms with Crippen molar-refractivity contribution in [2.24, 2.45) is 0 Å². The zero-order valence-electron chi connectivity index (χ0n) is 9.26. The number of aliphatic hydroxyl groups excluding tert-OH is 1. The Hall–Kier alpha value is -0.790. The normalized spacial score (nSPS) is 11.9.